The number of benzene rings is 1. The molecule has 1 fully saturated rings. The fraction of sp³-hybridized carbons (Fsp3) is 0.471. The molecule has 0 unspecified atom stereocenters. The lowest BCUT2D eigenvalue weighted by molar-refractivity contribution is 0.0646. The molecule has 6 nitrogen and oxygen atoms in total. The molecule has 1 amide bonds. The van der Waals surface area contributed by atoms with Crippen molar-refractivity contribution in [3.63, 3.8) is 0 Å². The number of carbonyl (C=O) groups excluding carboxylic acids is 1. The van der Waals surface area contributed by atoms with Gasteiger partial charge in [0.15, 0.2) is 11.5 Å². The summed E-state index contributed by atoms with van der Waals surface area (Å²) in [6.45, 7) is 7.65. The molecule has 2 rings (SSSR count). The molecule has 0 spiro atoms. The van der Waals surface area contributed by atoms with Crippen LogP contribution in [-0.2, 0) is 0 Å². The van der Waals surface area contributed by atoms with Crippen molar-refractivity contribution < 1.29 is 19.0 Å². The molecule has 0 N–H and O–H groups in total. The van der Waals surface area contributed by atoms with Crippen LogP contribution in [0.5, 0.6) is 17.2 Å². The average molecular weight is 320 g/mol. The van der Waals surface area contributed by atoms with E-state index in [-0.39, 0.29) is 5.91 Å². The molecular weight excluding hydrogens is 296 g/mol. The fourth-order valence-electron chi connectivity index (χ4n) is 2.68. The van der Waals surface area contributed by atoms with Crippen LogP contribution in [0.25, 0.3) is 0 Å². The van der Waals surface area contributed by atoms with E-state index in [2.05, 4.69) is 11.5 Å². The number of amides is 1. The zero-order valence-corrected chi connectivity index (χ0v) is 14.0. The maximum Gasteiger partial charge on any atom is 0.257 e. The Kier molecular flexibility index (Phi) is 5.87. The molecule has 6 heteroatoms. The summed E-state index contributed by atoms with van der Waals surface area (Å²) in [4.78, 5) is 16.9. The first kappa shape index (κ1) is 17.1. The molecule has 1 aromatic carbocycles. The molecule has 1 aliphatic rings. The van der Waals surface area contributed by atoms with Gasteiger partial charge in [-0.3, -0.25) is 9.69 Å². The third-order valence-corrected chi connectivity index (χ3v) is 3.98. The molecule has 0 aromatic heterocycles. The molecule has 1 heterocycles. The van der Waals surface area contributed by atoms with Gasteiger partial charge in [-0.15, -0.1) is 6.58 Å². The van der Waals surface area contributed by atoms with Crippen LogP contribution in [0.4, 0.5) is 0 Å². The Morgan fingerprint density at radius 1 is 1.04 bits per heavy atom. The van der Waals surface area contributed by atoms with Crippen LogP contribution in [-0.4, -0.2) is 69.8 Å². The number of carbonyl (C=O) groups is 1. The summed E-state index contributed by atoms with van der Waals surface area (Å²) in [5, 5.41) is 0. The molecule has 0 atom stereocenters. The van der Waals surface area contributed by atoms with Crippen molar-refractivity contribution >= 4 is 5.91 Å². The molecular formula is C17H24N2O4. The molecule has 1 aliphatic heterocycles. The van der Waals surface area contributed by atoms with Crippen molar-refractivity contribution in [3.8, 4) is 17.2 Å². The largest absolute Gasteiger partial charge is 0.496 e. The van der Waals surface area contributed by atoms with Crippen molar-refractivity contribution in [2.45, 2.75) is 0 Å². The number of methoxy groups -OCH3 is 3. The maximum atomic E-state index is 12.8. The Bertz CT molecular complexity index is 566. The van der Waals surface area contributed by atoms with Crippen molar-refractivity contribution in [1.82, 2.24) is 9.80 Å². The fourth-order valence-corrected chi connectivity index (χ4v) is 2.68. The van der Waals surface area contributed by atoms with E-state index in [4.69, 9.17) is 14.2 Å². The number of nitrogens with zero attached hydrogens (tertiary/aromatic N) is 2. The van der Waals surface area contributed by atoms with Gasteiger partial charge >= 0.3 is 0 Å². The normalized spacial score (nSPS) is 15.2. The zero-order chi connectivity index (χ0) is 16.8. The van der Waals surface area contributed by atoms with Gasteiger partial charge in [-0.1, -0.05) is 6.08 Å². The van der Waals surface area contributed by atoms with Gasteiger partial charge in [-0.2, -0.15) is 0 Å². The van der Waals surface area contributed by atoms with Crippen LogP contribution in [0.2, 0.25) is 0 Å². The summed E-state index contributed by atoms with van der Waals surface area (Å²) >= 11 is 0. The molecule has 1 saturated heterocycles. The minimum atomic E-state index is -0.0546. The number of hydrogen-bond acceptors (Lipinski definition) is 5. The highest BCUT2D eigenvalue weighted by Crippen LogP contribution is 2.35. The standard InChI is InChI=1S/C17H24N2O4/c1-5-6-18-7-9-19(10-8-18)17(20)13-11-15(22-3)16(23-4)12-14(13)21-2/h5,11-12H,1,6-10H2,2-4H3. The summed E-state index contributed by atoms with van der Waals surface area (Å²) in [7, 11) is 4.64. The van der Waals surface area contributed by atoms with Crippen LogP contribution in [0.3, 0.4) is 0 Å². The van der Waals surface area contributed by atoms with Crippen LogP contribution in [0.1, 0.15) is 10.4 Å². The lowest BCUT2D eigenvalue weighted by Gasteiger charge is -2.34. The van der Waals surface area contributed by atoms with Crippen molar-refractivity contribution in [2.24, 2.45) is 0 Å². The summed E-state index contributed by atoms with van der Waals surface area (Å²) in [6, 6.07) is 3.36. The third kappa shape index (κ3) is 3.76. The monoisotopic (exact) mass is 320 g/mol. The van der Waals surface area contributed by atoms with E-state index in [1.807, 2.05) is 11.0 Å². The highest BCUT2D eigenvalue weighted by atomic mass is 16.5. The summed E-state index contributed by atoms with van der Waals surface area (Å²) in [6.07, 6.45) is 1.88. The van der Waals surface area contributed by atoms with Gasteiger partial charge in [-0.25, -0.2) is 0 Å². The van der Waals surface area contributed by atoms with E-state index in [1.165, 1.54) is 0 Å². The van der Waals surface area contributed by atoms with E-state index in [0.29, 0.717) is 35.9 Å². The van der Waals surface area contributed by atoms with Gasteiger partial charge in [0.25, 0.3) is 5.91 Å². The minimum absolute atomic E-state index is 0.0546. The molecule has 0 aliphatic carbocycles. The highest BCUT2D eigenvalue weighted by Gasteiger charge is 2.25. The molecule has 0 radical (unpaired) electrons. The van der Waals surface area contributed by atoms with Crippen molar-refractivity contribution in [2.75, 3.05) is 54.1 Å². The topological polar surface area (TPSA) is 51.2 Å². The lowest BCUT2D eigenvalue weighted by atomic mass is 10.1. The van der Waals surface area contributed by atoms with Crippen LogP contribution >= 0.6 is 0 Å². The first-order valence-corrected chi connectivity index (χ1v) is 7.57. The molecule has 1 aromatic rings. The predicted octanol–water partition coefficient (Wildman–Crippen LogP) is 1.66. The SMILES string of the molecule is C=CCN1CCN(C(=O)c2cc(OC)c(OC)cc2OC)CC1. The van der Waals surface area contributed by atoms with Gasteiger partial charge in [0.1, 0.15) is 5.75 Å². The second kappa shape index (κ2) is 7.87. The van der Waals surface area contributed by atoms with Gasteiger partial charge in [0, 0.05) is 44.9 Å². The van der Waals surface area contributed by atoms with E-state index in [0.717, 1.165) is 19.6 Å². The van der Waals surface area contributed by atoms with Crippen molar-refractivity contribution in [3.05, 3.63) is 30.4 Å². The Hall–Kier alpha value is -2.21. The van der Waals surface area contributed by atoms with Gasteiger partial charge in [0.2, 0.25) is 0 Å². The zero-order valence-electron chi connectivity index (χ0n) is 14.0. The summed E-state index contributed by atoms with van der Waals surface area (Å²) < 4.78 is 15.9. The number of ether oxygens (including phenoxy) is 3. The highest BCUT2D eigenvalue weighted by molar-refractivity contribution is 5.98. The van der Waals surface area contributed by atoms with Crippen molar-refractivity contribution in [1.29, 1.82) is 0 Å². The smallest absolute Gasteiger partial charge is 0.257 e. The van der Waals surface area contributed by atoms with E-state index in [1.54, 1.807) is 33.5 Å². The quantitative estimate of drug-likeness (QED) is 0.746. The number of rotatable bonds is 6. The molecule has 0 bridgehead atoms. The Labute approximate surface area is 137 Å². The third-order valence-electron chi connectivity index (χ3n) is 3.98. The predicted molar refractivity (Wildman–Crippen MR) is 88.6 cm³/mol. The van der Waals surface area contributed by atoms with E-state index in [9.17, 15) is 4.79 Å². The molecule has 126 valence electrons. The summed E-state index contributed by atoms with van der Waals surface area (Å²) in [5.41, 5.74) is 0.488. The second-order valence-corrected chi connectivity index (χ2v) is 5.29. The van der Waals surface area contributed by atoms with E-state index < -0.39 is 0 Å². The first-order chi connectivity index (χ1) is 11.1. The van der Waals surface area contributed by atoms with Crippen LogP contribution in [0.15, 0.2) is 24.8 Å². The Balaban J connectivity index is 2.20. The van der Waals surface area contributed by atoms with Gasteiger partial charge in [0.05, 0.1) is 26.9 Å². The van der Waals surface area contributed by atoms with Gasteiger partial charge in [-0.05, 0) is 0 Å². The van der Waals surface area contributed by atoms with E-state index >= 15 is 0 Å². The average Bonchev–Trinajstić information content (AvgIpc) is 2.60. The summed E-state index contributed by atoms with van der Waals surface area (Å²) in [5.74, 6) is 1.49. The Morgan fingerprint density at radius 3 is 2.13 bits per heavy atom. The second-order valence-electron chi connectivity index (χ2n) is 5.29. The minimum Gasteiger partial charge on any atom is -0.496 e. The Morgan fingerprint density at radius 2 is 1.61 bits per heavy atom. The number of hydrogen-bond donors (Lipinski definition) is 0. The number of piperazine rings is 1. The maximum absolute atomic E-state index is 12.8. The van der Waals surface area contributed by atoms with Crippen LogP contribution in [0, 0.1) is 0 Å². The lowest BCUT2D eigenvalue weighted by Crippen LogP contribution is -2.48. The molecule has 0 saturated carbocycles. The van der Waals surface area contributed by atoms with Gasteiger partial charge < -0.3 is 19.1 Å². The molecule has 23 heavy (non-hydrogen) atoms. The van der Waals surface area contributed by atoms with Crippen LogP contribution < -0.4 is 14.2 Å². The first-order valence-electron chi connectivity index (χ1n) is 7.57.